The summed E-state index contributed by atoms with van der Waals surface area (Å²) < 4.78 is 0. The summed E-state index contributed by atoms with van der Waals surface area (Å²) in [5, 5.41) is 30.6. The van der Waals surface area contributed by atoms with Crippen LogP contribution < -0.4 is 16.0 Å². The second-order valence-electron chi connectivity index (χ2n) is 12.2. The number of thioether (sulfide) groups is 1. The predicted molar refractivity (Wildman–Crippen MR) is 178 cm³/mol. The number of aromatic amines is 1. The minimum atomic E-state index is -0.909. The number of nitrogens with one attached hydrogen (secondary N) is 4. The van der Waals surface area contributed by atoms with Crippen LogP contribution in [-0.2, 0) is 25.6 Å². The number of hydrogen-bond acceptors (Lipinski definition) is 7. The second-order valence-corrected chi connectivity index (χ2v) is 13.7. The monoisotopic (exact) mass is 652 g/mol. The summed E-state index contributed by atoms with van der Waals surface area (Å²) in [7, 11) is 0. The Morgan fingerprint density at radius 1 is 0.978 bits per heavy atom. The summed E-state index contributed by atoms with van der Waals surface area (Å²) in [5.41, 5.74) is 8.59. The zero-order chi connectivity index (χ0) is 32.6. The molecule has 6 N–H and O–H groups in total. The number of aromatic nitrogens is 1. The average molecular weight is 653 g/mol. The van der Waals surface area contributed by atoms with E-state index in [-0.39, 0.29) is 53.8 Å². The van der Waals surface area contributed by atoms with Gasteiger partial charge in [-0.05, 0) is 85.4 Å². The van der Waals surface area contributed by atoms with Crippen LogP contribution in [0.5, 0.6) is 0 Å². The first-order valence-corrected chi connectivity index (χ1v) is 16.8. The highest BCUT2D eigenvalue weighted by molar-refractivity contribution is 8.07. The normalized spacial score (nSPS) is 28.1. The summed E-state index contributed by atoms with van der Waals surface area (Å²) in [5.74, 6) is -1.33. The first-order valence-electron chi connectivity index (χ1n) is 15.2. The van der Waals surface area contributed by atoms with Gasteiger partial charge in [0.05, 0.1) is 6.04 Å². The average Bonchev–Trinajstić information content (AvgIpc) is 3.56. The Morgan fingerprint density at radius 2 is 1.64 bits per heavy atom. The van der Waals surface area contributed by atoms with Crippen LogP contribution in [-0.4, -0.2) is 62.0 Å². The van der Waals surface area contributed by atoms with Gasteiger partial charge in [0.1, 0.15) is 0 Å². The van der Waals surface area contributed by atoms with E-state index in [0.29, 0.717) is 19.3 Å². The van der Waals surface area contributed by atoms with Crippen LogP contribution in [0.1, 0.15) is 69.0 Å². The van der Waals surface area contributed by atoms with Gasteiger partial charge in [0, 0.05) is 70.1 Å². The molecule has 5 heterocycles. The molecule has 240 valence electrons. The Bertz CT molecular complexity index is 1600. The number of carbonyl (C=O) groups is 4. The topological polar surface area (TPSA) is 161 Å². The van der Waals surface area contributed by atoms with Gasteiger partial charge in [-0.1, -0.05) is 13.0 Å². The molecule has 45 heavy (non-hydrogen) atoms. The summed E-state index contributed by atoms with van der Waals surface area (Å²) >= 11 is 5.98. The van der Waals surface area contributed by atoms with Crippen molar-refractivity contribution in [3.8, 4) is 0 Å². The molecule has 1 aromatic heterocycles. The van der Waals surface area contributed by atoms with Gasteiger partial charge in [-0.3, -0.25) is 19.2 Å². The molecular formula is C33H40N4O6S2. The van der Waals surface area contributed by atoms with Gasteiger partial charge in [0.15, 0.2) is 0 Å². The third kappa shape index (κ3) is 6.96. The number of aliphatic carboxylic acids is 2. The van der Waals surface area contributed by atoms with Crippen molar-refractivity contribution >= 4 is 60.3 Å². The number of rotatable bonds is 12. The Hall–Kier alpha value is -3.64. The van der Waals surface area contributed by atoms with E-state index in [2.05, 4.69) is 33.6 Å². The fraction of sp³-hybridized carbons (Fsp3) is 0.455. The number of allylic oxidation sites excluding steroid dienone is 2. The highest BCUT2D eigenvalue weighted by Gasteiger charge is 2.41. The first kappa shape index (κ1) is 32.7. The lowest BCUT2D eigenvalue weighted by molar-refractivity contribution is -0.138. The van der Waals surface area contributed by atoms with E-state index in [1.165, 1.54) is 0 Å². The Morgan fingerprint density at radius 3 is 2.29 bits per heavy atom. The molecule has 2 fully saturated rings. The molecule has 0 spiro atoms. The van der Waals surface area contributed by atoms with Crippen molar-refractivity contribution in [2.45, 2.75) is 77.1 Å². The zero-order valence-electron chi connectivity index (χ0n) is 25.8. The molecule has 12 heteroatoms. The van der Waals surface area contributed by atoms with E-state index in [9.17, 15) is 29.4 Å². The third-order valence-electron chi connectivity index (χ3n) is 9.37. The molecule has 4 aliphatic heterocycles. The number of amides is 2. The zero-order valence-corrected chi connectivity index (χ0v) is 27.5. The van der Waals surface area contributed by atoms with Crippen molar-refractivity contribution in [3.63, 3.8) is 0 Å². The lowest BCUT2D eigenvalue weighted by Gasteiger charge is -2.20. The molecule has 0 radical (unpaired) electrons. The fourth-order valence-corrected chi connectivity index (χ4v) is 7.51. The van der Waals surface area contributed by atoms with Crippen LogP contribution in [0, 0.1) is 18.8 Å². The number of carboxylic acid groups (broad SMARTS) is 2. The maximum atomic E-state index is 12.7. The van der Waals surface area contributed by atoms with Gasteiger partial charge < -0.3 is 31.1 Å². The number of carboxylic acids is 2. The molecule has 1 aromatic rings. The minimum absolute atomic E-state index is 0.000485. The van der Waals surface area contributed by atoms with Gasteiger partial charge in [0.25, 0.3) is 0 Å². The Balaban J connectivity index is 1.50. The van der Waals surface area contributed by atoms with Crippen LogP contribution >= 0.6 is 24.4 Å². The minimum Gasteiger partial charge on any atom is -0.481 e. The van der Waals surface area contributed by atoms with Crippen molar-refractivity contribution in [1.82, 2.24) is 20.9 Å². The number of H-pyrrole nitrogens is 1. The highest BCUT2D eigenvalue weighted by atomic mass is 32.2. The van der Waals surface area contributed by atoms with Crippen molar-refractivity contribution in [2.24, 2.45) is 11.8 Å². The highest BCUT2D eigenvalue weighted by Crippen LogP contribution is 2.42. The lowest BCUT2D eigenvalue weighted by atomic mass is 9.94. The van der Waals surface area contributed by atoms with Crippen molar-refractivity contribution in [3.05, 3.63) is 67.7 Å². The van der Waals surface area contributed by atoms with Crippen LogP contribution in [0.25, 0.3) is 12.2 Å². The van der Waals surface area contributed by atoms with E-state index in [4.69, 9.17) is 0 Å². The molecule has 0 aliphatic carbocycles. The van der Waals surface area contributed by atoms with Gasteiger partial charge in [-0.25, -0.2) is 0 Å². The van der Waals surface area contributed by atoms with E-state index < -0.39 is 11.9 Å². The lowest BCUT2D eigenvalue weighted by Crippen LogP contribution is -2.36. The van der Waals surface area contributed by atoms with Gasteiger partial charge in [0.2, 0.25) is 11.8 Å². The fourth-order valence-electron chi connectivity index (χ4n) is 6.60. The van der Waals surface area contributed by atoms with E-state index in [1.807, 2.05) is 45.9 Å². The molecule has 4 aliphatic rings. The van der Waals surface area contributed by atoms with E-state index >= 15 is 0 Å². The summed E-state index contributed by atoms with van der Waals surface area (Å²) in [6, 6.07) is -0.225. The molecular weight excluding hydrogens is 613 g/mol. The van der Waals surface area contributed by atoms with Crippen molar-refractivity contribution in [2.75, 3.05) is 5.75 Å². The smallest absolute Gasteiger partial charge is 0.303 e. The van der Waals surface area contributed by atoms with Gasteiger partial charge in [-0.2, -0.15) is 24.4 Å². The maximum absolute atomic E-state index is 12.7. The molecule has 1 unspecified atom stereocenters. The van der Waals surface area contributed by atoms with Crippen LogP contribution in [0.15, 0.2) is 45.2 Å². The van der Waals surface area contributed by atoms with E-state index in [1.54, 1.807) is 17.2 Å². The molecule has 2 amide bonds. The predicted octanol–water partition coefficient (Wildman–Crippen LogP) is 4.32. The van der Waals surface area contributed by atoms with Gasteiger partial charge in [-0.15, -0.1) is 0 Å². The van der Waals surface area contributed by atoms with Crippen molar-refractivity contribution < 1.29 is 29.4 Å². The molecule has 0 aromatic carbocycles. The quantitative estimate of drug-likeness (QED) is 0.130. The summed E-state index contributed by atoms with van der Waals surface area (Å²) in [6.07, 6.45) is 6.85. The molecule has 2 saturated heterocycles. The first-order chi connectivity index (χ1) is 21.4. The van der Waals surface area contributed by atoms with Crippen LogP contribution in [0.3, 0.4) is 0 Å². The van der Waals surface area contributed by atoms with E-state index in [0.717, 1.165) is 62.0 Å². The number of thiol groups is 1. The maximum Gasteiger partial charge on any atom is 0.303 e. The Labute approximate surface area is 272 Å². The van der Waals surface area contributed by atoms with Crippen LogP contribution in [0.4, 0.5) is 0 Å². The van der Waals surface area contributed by atoms with Crippen molar-refractivity contribution in [1.29, 1.82) is 0 Å². The SMILES string of the molecule is CC1=C(CCC(=O)O)/C(=C/c2[nH]c(/C=C3\NC(=O)[C@H](C)[C@H]3/C=C\S)c(C)c2CCC(=O)O)NC1C[C@H]1NC(=O)C([C@H]2CS2)=C1C. The summed E-state index contributed by atoms with van der Waals surface area (Å²) in [4.78, 5) is 51.8. The molecule has 0 bridgehead atoms. The number of carbonyl (C=O) groups excluding carboxylic acids is 2. The standard InChI is InChI=1S/C33H40N4O6S2/c1-15-19(5-7-29(38)39)25(34-22(15)11-24-18(4)31(28-14-45-28)33(43)36-24)13-26-20(6-8-30(40)41)16(2)23(35-26)12-27-21(9-10-44)17(3)32(42)37-27/h9-10,12-13,17,21-22,24,28,34-35,44H,5-8,11,14H2,1-4H3,(H,36,43)(H,37,42)(H,38,39)(H,40,41)/b10-9-,25-13-,27-12-/t17-,21-,22?,24-,28-/m1/s1. The molecule has 5 rings (SSSR count). The number of hydrogen-bond donors (Lipinski definition) is 7. The second kappa shape index (κ2) is 13.4. The summed E-state index contributed by atoms with van der Waals surface area (Å²) in [6.45, 7) is 7.81. The third-order valence-corrected chi connectivity index (χ3v) is 10.4. The molecule has 5 atom stereocenters. The van der Waals surface area contributed by atoms with Gasteiger partial charge >= 0.3 is 11.9 Å². The van der Waals surface area contributed by atoms with Crippen LogP contribution in [0.2, 0.25) is 0 Å². The molecule has 0 saturated carbocycles. The Kier molecular flexibility index (Phi) is 9.74. The molecule has 10 nitrogen and oxygen atoms in total. The largest absolute Gasteiger partial charge is 0.481 e.